The van der Waals surface area contributed by atoms with E-state index in [-0.39, 0.29) is 11.7 Å². The summed E-state index contributed by atoms with van der Waals surface area (Å²) in [4.78, 5) is 12.8. The monoisotopic (exact) mass is 436 g/mol. The Kier molecular flexibility index (Phi) is 6.17. The summed E-state index contributed by atoms with van der Waals surface area (Å²) >= 11 is 7.57. The number of allylic oxidation sites excluding steroid dienone is 3. The highest BCUT2D eigenvalue weighted by Gasteiger charge is 2.36. The molecule has 1 aliphatic heterocycles. The van der Waals surface area contributed by atoms with Gasteiger partial charge < -0.3 is 10.1 Å². The quantitative estimate of drug-likeness (QED) is 0.650. The molecule has 2 aromatic rings. The lowest BCUT2D eigenvalue weighted by Gasteiger charge is -2.33. The Labute approximate surface area is 185 Å². The van der Waals surface area contributed by atoms with Crippen LogP contribution in [0.25, 0.3) is 0 Å². The van der Waals surface area contributed by atoms with Crippen LogP contribution >= 0.6 is 23.4 Å². The van der Waals surface area contributed by atoms with Gasteiger partial charge in [-0.1, -0.05) is 35.9 Å². The summed E-state index contributed by atoms with van der Waals surface area (Å²) in [6.45, 7) is 0. The van der Waals surface area contributed by atoms with E-state index < -0.39 is 0 Å². The molecular formula is C24H21ClN2O2S. The van der Waals surface area contributed by atoms with Crippen molar-refractivity contribution in [1.29, 1.82) is 5.26 Å². The predicted octanol–water partition coefficient (Wildman–Crippen LogP) is 5.71. The number of methoxy groups -OCH3 is 1. The van der Waals surface area contributed by atoms with Crippen molar-refractivity contribution in [2.45, 2.75) is 30.9 Å². The van der Waals surface area contributed by atoms with Gasteiger partial charge in [-0.3, -0.25) is 4.79 Å². The Hall–Kier alpha value is -2.68. The smallest absolute Gasteiger partial charge is 0.161 e. The molecule has 6 heteroatoms. The van der Waals surface area contributed by atoms with Crippen LogP contribution < -0.4 is 10.1 Å². The maximum absolute atomic E-state index is 12.8. The third-order valence-corrected chi connectivity index (χ3v) is 6.75. The molecule has 0 spiro atoms. The number of hydrogen-bond donors (Lipinski definition) is 1. The van der Waals surface area contributed by atoms with Crippen molar-refractivity contribution in [3.8, 4) is 11.8 Å². The molecule has 0 radical (unpaired) electrons. The molecule has 4 nitrogen and oxygen atoms in total. The molecule has 0 unspecified atom stereocenters. The fourth-order valence-electron chi connectivity index (χ4n) is 3.90. The summed E-state index contributed by atoms with van der Waals surface area (Å²) in [6.07, 6.45) is 2.17. The first-order valence-electron chi connectivity index (χ1n) is 9.79. The van der Waals surface area contributed by atoms with Crippen LogP contribution in [0.5, 0.6) is 5.75 Å². The Morgan fingerprint density at radius 3 is 2.57 bits per heavy atom. The van der Waals surface area contributed by atoms with Crippen LogP contribution in [0.3, 0.4) is 0 Å². The first-order valence-corrected chi connectivity index (χ1v) is 11.2. The van der Waals surface area contributed by atoms with E-state index in [4.69, 9.17) is 16.3 Å². The highest BCUT2D eigenvalue weighted by molar-refractivity contribution is 8.02. The zero-order chi connectivity index (χ0) is 21.1. The van der Waals surface area contributed by atoms with Crippen LogP contribution in [0.4, 0.5) is 0 Å². The van der Waals surface area contributed by atoms with Crippen LogP contribution in [-0.4, -0.2) is 12.9 Å². The van der Waals surface area contributed by atoms with E-state index in [1.807, 2.05) is 48.5 Å². The van der Waals surface area contributed by atoms with Crippen molar-refractivity contribution in [3.05, 3.63) is 86.6 Å². The minimum atomic E-state index is -0.349. The Morgan fingerprint density at radius 2 is 1.90 bits per heavy atom. The van der Waals surface area contributed by atoms with Gasteiger partial charge in [0.1, 0.15) is 5.75 Å². The number of nitrogens with one attached hydrogen (secondary N) is 1. The topological polar surface area (TPSA) is 62.1 Å². The number of nitriles is 1. The second kappa shape index (κ2) is 8.99. The molecule has 1 N–H and O–H groups in total. The summed E-state index contributed by atoms with van der Waals surface area (Å²) < 4.78 is 5.27. The number of halogens is 1. The maximum Gasteiger partial charge on any atom is 0.161 e. The van der Waals surface area contributed by atoms with E-state index in [1.165, 1.54) is 0 Å². The van der Waals surface area contributed by atoms with E-state index in [9.17, 15) is 10.1 Å². The summed E-state index contributed by atoms with van der Waals surface area (Å²) in [6, 6.07) is 17.7. The highest BCUT2D eigenvalue weighted by atomic mass is 35.5. The van der Waals surface area contributed by atoms with Gasteiger partial charge in [0.15, 0.2) is 5.78 Å². The van der Waals surface area contributed by atoms with Gasteiger partial charge in [0, 0.05) is 28.5 Å². The fourth-order valence-corrected chi connectivity index (χ4v) is 5.05. The number of rotatable bonds is 5. The second-order valence-corrected chi connectivity index (χ2v) is 8.69. The minimum absolute atomic E-state index is 0.124. The van der Waals surface area contributed by atoms with Gasteiger partial charge in [-0.05, 0) is 48.2 Å². The molecule has 0 fully saturated rings. The lowest BCUT2D eigenvalue weighted by Crippen LogP contribution is -2.31. The molecule has 2 aliphatic rings. The number of benzene rings is 2. The number of carbonyl (C=O) groups excluding carboxylic acids is 1. The molecule has 0 saturated carbocycles. The van der Waals surface area contributed by atoms with Crippen LogP contribution in [-0.2, 0) is 10.5 Å². The zero-order valence-corrected chi connectivity index (χ0v) is 18.1. The fraction of sp³-hybridized carbons (Fsp3) is 0.250. The molecule has 1 atom stereocenters. The van der Waals surface area contributed by atoms with E-state index in [1.54, 1.807) is 18.9 Å². The molecule has 0 bridgehead atoms. The van der Waals surface area contributed by atoms with Gasteiger partial charge in [-0.2, -0.15) is 5.26 Å². The number of dihydropyridines is 1. The van der Waals surface area contributed by atoms with Crippen molar-refractivity contribution in [3.63, 3.8) is 0 Å². The molecule has 0 amide bonds. The molecule has 0 aromatic heterocycles. The van der Waals surface area contributed by atoms with Crippen molar-refractivity contribution >= 4 is 29.1 Å². The van der Waals surface area contributed by atoms with Crippen molar-refractivity contribution in [2.75, 3.05) is 7.11 Å². The van der Waals surface area contributed by atoms with Crippen molar-refractivity contribution in [2.24, 2.45) is 0 Å². The van der Waals surface area contributed by atoms with Crippen molar-refractivity contribution in [1.82, 2.24) is 5.32 Å². The molecule has 1 heterocycles. The minimum Gasteiger partial charge on any atom is -0.497 e. The average Bonchev–Trinajstić information content (AvgIpc) is 2.78. The van der Waals surface area contributed by atoms with Gasteiger partial charge in [-0.15, -0.1) is 11.8 Å². The van der Waals surface area contributed by atoms with Crippen LogP contribution in [0.15, 0.2) is 70.4 Å². The van der Waals surface area contributed by atoms with Gasteiger partial charge in [0.05, 0.1) is 29.7 Å². The molecular weight excluding hydrogens is 416 g/mol. The number of ether oxygens (including phenoxy) is 1. The van der Waals surface area contributed by atoms with E-state index >= 15 is 0 Å². The van der Waals surface area contributed by atoms with E-state index in [2.05, 4.69) is 11.4 Å². The molecule has 30 heavy (non-hydrogen) atoms. The Morgan fingerprint density at radius 1 is 1.17 bits per heavy atom. The Balaban J connectivity index is 1.72. The molecule has 152 valence electrons. The molecule has 1 aliphatic carbocycles. The summed E-state index contributed by atoms with van der Waals surface area (Å²) in [7, 11) is 1.62. The lowest BCUT2D eigenvalue weighted by atomic mass is 9.77. The summed E-state index contributed by atoms with van der Waals surface area (Å²) in [5.41, 5.74) is 4.33. The first kappa shape index (κ1) is 20.6. The number of ketones is 1. The van der Waals surface area contributed by atoms with Crippen molar-refractivity contribution < 1.29 is 9.53 Å². The maximum atomic E-state index is 12.8. The molecule has 4 rings (SSSR count). The van der Waals surface area contributed by atoms with Crippen LogP contribution in [0.1, 0.15) is 36.3 Å². The summed E-state index contributed by atoms with van der Waals surface area (Å²) in [5, 5.41) is 15.0. The molecule has 0 saturated heterocycles. The highest BCUT2D eigenvalue weighted by Crippen LogP contribution is 2.44. The SMILES string of the molecule is COc1ccc([C@@H]2C(C#N)=C(SCc3ccc(Cl)cc3)NC3=C2C(=O)CCC3)cc1. The molecule has 2 aromatic carbocycles. The third-order valence-electron chi connectivity index (χ3n) is 5.41. The average molecular weight is 437 g/mol. The number of hydrogen-bond acceptors (Lipinski definition) is 5. The number of carbonyl (C=O) groups is 1. The third kappa shape index (κ3) is 4.12. The second-order valence-electron chi connectivity index (χ2n) is 7.27. The summed E-state index contributed by atoms with van der Waals surface area (Å²) in [5.74, 6) is 1.23. The number of thioether (sulfide) groups is 1. The van der Waals surface area contributed by atoms with Crippen LogP contribution in [0, 0.1) is 11.3 Å². The van der Waals surface area contributed by atoms with Crippen LogP contribution in [0.2, 0.25) is 5.02 Å². The lowest BCUT2D eigenvalue weighted by molar-refractivity contribution is -0.116. The van der Waals surface area contributed by atoms with E-state index in [0.29, 0.717) is 22.8 Å². The number of Topliss-reactive ketones (excluding diaryl/α,β-unsaturated/α-hetero) is 1. The largest absolute Gasteiger partial charge is 0.497 e. The predicted molar refractivity (Wildman–Crippen MR) is 120 cm³/mol. The standard InChI is InChI=1S/C24H21ClN2O2S/c1-29-18-11-7-16(8-12-18)22-19(13-26)24(27-20-3-2-4-21(28)23(20)22)30-14-15-5-9-17(25)10-6-15/h5-12,22,27H,2-4,14H2,1H3/t22-/m1/s1. The number of nitrogens with zero attached hydrogens (tertiary/aromatic N) is 1. The van der Waals surface area contributed by atoms with Gasteiger partial charge in [0.25, 0.3) is 0 Å². The van der Waals surface area contributed by atoms with Gasteiger partial charge in [-0.25, -0.2) is 0 Å². The van der Waals surface area contributed by atoms with Gasteiger partial charge >= 0.3 is 0 Å². The normalized spacial score (nSPS) is 18.6. The van der Waals surface area contributed by atoms with Gasteiger partial charge in [0.2, 0.25) is 0 Å². The first-order chi connectivity index (χ1) is 14.6. The Bertz CT molecular complexity index is 1070. The zero-order valence-electron chi connectivity index (χ0n) is 16.6. The van der Waals surface area contributed by atoms with E-state index in [0.717, 1.165) is 46.0 Å².